The number of nitrogens with one attached hydrogen (secondary N) is 1. The zero-order valence-electron chi connectivity index (χ0n) is 14.4. The maximum atomic E-state index is 12.2. The topological polar surface area (TPSA) is 136 Å². The first kappa shape index (κ1) is 19.7. The molecule has 1 aliphatic heterocycles. The number of aliphatic carboxylic acids is 2. The van der Waals surface area contributed by atoms with E-state index in [9.17, 15) is 14.4 Å². The summed E-state index contributed by atoms with van der Waals surface area (Å²) in [5, 5.41) is 20.4. The Bertz CT molecular complexity index is 641. The molecule has 2 amide bonds. The van der Waals surface area contributed by atoms with Gasteiger partial charge in [0.2, 0.25) is 0 Å². The summed E-state index contributed by atoms with van der Waals surface area (Å²) in [6.07, 6.45) is 0.253. The Labute approximate surface area is 151 Å². The summed E-state index contributed by atoms with van der Waals surface area (Å²) < 4.78 is 0. The second kappa shape index (κ2) is 9.16. The first-order valence-corrected chi connectivity index (χ1v) is 8.38. The molecule has 0 spiro atoms. The minimum atomic E-state index is -1.04. The molecule has 0 aromatic heterocycles. The fraction of sp³-hybridized carbons (Fsp3) is 0.471. The molecule has 0 radical (unpaired) electrons. The van der Waals surface area contributed by atoms with E-state index in [1.165, 1.54) is 0 Å². The van der Waals surface area contributed by atoms with E-state index in [1.54, 1.807) is 21.9 Å². The van der Waals surface area contributed by atoms with Crippen LogP contribution in [0.25, 0.3) is 0 Å². The molecule has 9 nitrogen and oxygen atoms in total. The number of rotatable bonds is 7. The van der Waals surface area contributed by atoms with Crippen LogP contribution in [0, 0.1) is 0 Å². The summed E-state index contributed by atoms with van der Waals surface area (Å²) in [4.78, 5) is 37.1. The Balaban J connectivity index is 1.75. The Morgan fingerprint density at radius 1 is 1.04 bits per heavy atom. The largest absolute Gasteiger partial charge is 0.480 e. The van der Waals surface area contributed by atoms with Crippen molar-refractivity contribution in [3.05, 3.63) is 35.4 Å². The van der Waals surface area contributed by atoms with Crippen molar-refractivity contribution in [2.75, 3.05) is 32.7 Å². The zero-order valence-corrected chi connectivity index (χ0v) is 14.4. The van der Waals surface area contributed by atoms with Crippen molar-refractivity contribution in [3.63, 3.8) is 0 Å². The second-order valence-electron chi connectivity index (χ2n) is 6.28. The lowest BCUT2D eigenvalue weighted by Crippen LogP contribution is -2.52. The number of benzene rings is 1. The van der Waals surface area contributed by atoms with Crippen molar-refractivity contribution < 1.29 is 24.6 Å². The van der Waals surface area contributed by atoms with E-state index >= 15 is 0 Å². The van der Waals surface area contributed by atoms with Crippen LogP contribution in [0.4, 0.5) is 4.79 Å². The summed E-state index contributed by atoms with van der Waals surface area (Å²) in [7, 11) is 0. The summed E-state index contributed by atoms with van der Waals surface area (Å²) in [5.41, 5.74) is 7.23. The Hall–Kier alpha value is -2.65. The van der Waals surface area contributed by atoms with E-state index in [0.29, 0.717) is 32.7 Å². The molecule has 1 atom stereocenters. The van der Waals surface area contributed by atoms with Crippen LogP contribution in [-0.4, -0.2) is 76.7 Å². The van der Waals surface area contributed by atoms with Crippen molar-refractivity contribution in [1.29, 1.82) is 0 Å². The molecule has 0 aliphatic carbocycles. The van der Waals surface area contributed by atoms with E-state index in [2.05, 4.69) is 5.32 Å². The highest BCUT2D eigenvalue weighted by Gasteiger charge is 2.22. The van der Waals surface area contributed by atoms with Gasteiger partial charge in [0.1, 0.15) is 6.04 Å². The van der Waals surface area contributed by atoms with Gasteiger partial charge in [-0.3, -0.25) is 14.5 Å². The van der Waals surface area contributed by atoms with Crippen LogP contribution in [0.2, 0.25) is 0 Å². The minimum absolute atomic E-state index is 0.00660. The Morgan fingerprint density at radius 2 is 1.62 bits per heavy atom. The van der Waals surface area contributed by atoms with Gasteiger partial charge in [-0.15, -0.1) is 0 Å². The maximum absolute atomic E-state index is 12.2. The number of carbonyl (C=O) groups is 3. The number of carboxylic acid groups (broad SMARTS) is 2. The highest BCUT2D eigenvalue weighted by molar-refractivity contribution is 5.74. The summed E-state index contributed by atoms with van der Waals surface area (Å²) in [6, 6.07) is 6.14. The van der Waals surface area contributed by atoms with Crippen LogP contribution in [0.3, 0.4) is 0 Å². The number of urea groups is 1. The number of carboxylic acids is 2. The normalized spacial score (nSPS) is 16.1. The van der Waals surface area contributed by atoms with E-state index in [-0.39, 0.29) is 19.0 Å². The number of piperazine rings is 1. The van der Waals surface area contributed by atoms with Crippen molar-refractivity contribution in [3.8, 4) is 0 Å². The van der Waals surface area contributed by atoms with Crippen molar-refractivity contribution >= 4 is 18.0 Å². The van der Waals surface area contributed by atoms with Crippen LogP contribution in [0.1, 0.15) is 11.1 Å². The molecule has 2 rings (SSSR count). The van der Waals surface area contributed by atoms with Crippen LogP contribution < -0.4 is 11.1 Å². The van der Waals surface area contributed by atoms with Gasteiger partial charge in [0.15, 0.2) is 0 Å². The molecule has 9 heteroatoms. The molecule has 1 aliphatic rings. The standard InChI is InChI=1S/C17H24N4O5/c18-14(16(24)25)9-12-1-3-13(4-2-12)10-19-17(26)21-7-5-20(6-8-21)11-15(22)23/h1-4,14H,5-11,18H2,(H,19,26)(H,22,23)(H,24,25). The van der Waals surface area contributed by atoms with Crippen molar-refractivity contribution in [2.24, 2.45) is 5.73 Å². The third-order valence-corrected chi connectivity index (χ3v) is 4.26. The summed E-state index contributed by atoms with van der Waals surface area (Å²) in [5.74, 6) is -1.90. The van der Waals surface area contributed by atoms with Gasteiger partial charge in [-0.05, 0) is 17.5 Å². The molecule has 1 saturated heterocycles. The van der Waals surface area contributed by atoms with Crippen LogP contribution in [-0.2, 0) is 22.6 Å². The number of hydrogen-bond acceptors (Lipinski definition) is 5. The number of nitrogens with two attached hydrogens (primary N) is 1. The molecule has 142 valence electrons. The lowest BCUT2D eigenvalue weighted by molar-refractivity contribution is -0.139. The smallest absolute Gasteiger partial charge is 0.320 e. The molecule has 5 N–H and O–H groups in total. The lowest BCUT2D eigenvalue weighted by atomic mass is 10.0. The van der Waals surface area contributed by atoms with Gasteiger partial charge in [-0.2, -0.15) is 0 Å². The highest BCUT2D eigenvalue weighted by Crippen LogP contribution is 2.07. The molecular weight excluding hydrogens is 340 g/mol. The molecule has 1 aromatic carbocycles. The minimum Gasteiger partial charge on any atom is -0.480 e. The van der Waals surface area contributed by atoms with Gasteiger partial charge >= 0.3 is 18.0 Å². The Kier molecular flexibility index (Phi) is 6.93. The number of hydrogen-bond donors (Lipinski definition) is 4. The average molecular weight is 364 g/mol. The molecule has 0 saturated carbocycles. The van der Waals surface area contributed by atoms with Crippen LogP contribution >= 0.6 is 0 Å². The first-order valence-electron chi connectivity index (χ1n) is 8.38. The fourth-order valence-corrected chi connectivity index (χ4v) is 2.72. The van der Waals surface area contributed by atoms with Gasteiger partial charge in [-0.25, -0.2) is 4.79 Å². The third-order valence-electron chi connectivity index (χ3n) is 4.26. The molecule has 1 unspecified atom stereocenters. The summed E-state index contributed by atoms with van der Waals surface area (Å²) in [6.45, 7) is 2.42. The molecule has 26 heavy (non-hydrogen) atoms. The highest BCUT2D eigenvalue weighted by atomic mass is 16.4. The van der Waals surface area contributed by atoms with Crippen LogP contribution in [0.15, 0.2) is 24.3 Å². The predicted molar refractivity (Wildman–Crippen MR) is 93.6 cm³/mol. The maximum Gasteiger partial charge on any atom is 0.320 e. The van der Waals surface area contributed by atoms with E-state index < -0.39 is 18.0 Å². The zero-order chi connectivity index (χ0) is 19.1. The van der Waals surface area contributed by atoms with Gasteiger partial charge in [-0.1, -0.05) is 24.3 Å². The Morgan fingerprint density at radius 3 is 2.15 bits per heavy atom. The molecule has 1 aromatic rings. The van der Waals surface area contributed by atoms with E-state index in [1.807, 2.05) is 12.1 Å². The van der Waals surface area contributed by atoms with Crippen molar-refractivity contribution in [2.45, 2.75) is 19.0 Å². The summed E-state index contributed by atoms with van der Waals surface area (Å²) >= 11 is 0. The second-order valence-corrected chi connectivity index (χ2v) is 6.28. The number of nitrogens with zero attached hydrogens (tertiary/aromatic N) is 2. The van der Waals surface area contributed by atoms with Gasteiger partial charge in [0.25, 0.3) is 0 Å². The first-order chi connectivity index (χ1) is 12.3. The SMILES string of the molecule is NC(Cc1ccc(CNC(=O)N2CCN(CC(=O)O)CC2)cc1)C(=O)O. The number of carbonyl (C=O) groups excluding carboxylic acids is 1. The van der Waals surface area contributed by atoms with Gasteiger partial charge in [0, 0.05) is 32.7 Å². The molecular formula is C17H24N4O5. The molecule has 0 bridgehead atoms. The lowest BCUT2D eigenvalue weighted by Gasteiger charge is -2.33. The molecule has 1 fully saturated rings. The van der Waals surface area contributed by atoms with E-state index in [4.69, 9.17) is 15.9 Å². The fourth-order valence-electron chi connectivity index (χ4n) is 2.72. The van der Waals surface area contributed by atoms with Gasteiger partial charge < -0.3 is 26.2 Å². The third kappa shape index (κ3) is 6.01. The predicted octanol–water partition coefficient (Wildman–Crippen LogP) is -0.447. The van der Waals surface area contributed by atoms with Crippen molar-refractivity contribution in [1.82, 2.24) is 15.1 Å². The number of amides is 2. The average Bonchev–Trinajstić information content (AvgIpc) is 2.61. The molecule has 1 heterocycles. The van der Waals surface area contributed by atoms with E-state index in [0.717, 1.165) is 11.1 Å². The quantitative estimate of drug-likeness (QED) is 0.514. The van der Waals surface area contributed by atoms with Crippen LogP contribution in [0.5, 0.6) is 0 Å². The monoisotopic (exact) mass is 364 g/mol. The van der Waals surface area contributed by atoms with Gasteiger partial charge in [0.05, 0.1) is 6.54 Å².